The fraction of sp³-hybridized carbons (Fsp3) is 0.250. The second-order valence-corrected chi connectivity index (χ2v) is 6.30. The smallest absolute Gasteiger partial charge is 0.203 e. The summed E-state index contributed by atoms with van der Waals surface area (Å²) in [7, 11) is 0. The van der Waals surface area contributed by atoms with Crippen molar-refractivity contribution in [2.24, 2.45) is 0 Å². The Bertz CT molecular complexity index is 778. The average Bonchev–Trinajstić information content (AvgIpc) is 2.99. The molecule has 0 bridgehead atoms. The minimum absolute atomic E-state index is 0.942. The summed E-state index contributed by atoms with van der Waals surface area (Å²) in [6.07, 6.45) is 1.85. The predicted molar refractivity (Wildman–Crippen MR) is 92.5 cm³/mol. The molecule has 0 atom stereocenters. The molecule has 3 aromatic rings. The van der Waals surface area contributed by atoms with Gasteiger partial charge in [0, 0.05) is 36.8 Å². The predicted octanol–water partition coefficient (Wildman–Crippen LogP) is 3.05. The van der Waals surface area contributed by atoms with E-state index in [2.05, 4.69) is 47.8 Å². The molecule has 0 spiro atoms. The van der Waals surface area contributed by atoms with Gasteiger partial charge in [0.1, 0.15) is 5.82 Å². The Morgan fingerprint density at radius 1 is 1.00 bits per heavy atom. The van der Waals surface area contributed by atoms with E-state index in [0.29, 0.717) is 0 Å². The fourth-order valence-corrected chi connectivity index (χ4v) is 3.17. The second kappa shape index (κ2) is 5.61. The van der Waals surface area contributed by atoms with Crippen molar-refractivity contribution in [1.82, 2.24) is 15.0 Å². The minimum atomic E-state index is 0.942. The highest BCUT2D eigenvalue weighted by Crippen LogP contribution is 2.22. The van der Waals surface area contributed by atoms with Gasteiger partial charge in [0.05, 0.1) is 11.0 Å². The first-order chi connectivity index (χ1) is 10.8. The third-order valence-electron chi connectivity index (χ3n) is 3.98. The van der Waals surface area contributed by atoms with Gasteiger partial charge in [-0.25, -0.2) is 9.97 Å². The van der Waals surface area contributed by atoms with Crippen molar-refractivity contribution in [3.05, 3.63) is 47.1 Å². The zero-order chi connectivity index (χ0) is 14.9. The fourth-order valence-electron chi connectivity index (χ4n) is 2.81. The number of aromatic nitrogens is 3. The number of pyridine rings is 1. The molecule has 6 heteroatoms. The van der Waals surface area contributed by atoms with Crippen LogP contribution in [0.3, 0.4) is 0 Å². The van der Waals surface area contributed by atoms with Gasteiger partial charge in [-0.2, -0.15) is 0 Å². The molecule has 1 N–H and O–H groups in total. The largest absolute Gasteiger partial charge is 0.353 e. The molecule has 3 heterocycles. The normalized spacial score (nSPS) is 15.5. The van der Waals surface area contributed by atoms with E-state index in [1.807, 2.05) is 30.5 Å². The summed E-state index contributed by atoms with van der Waals surface area (Å²) in [6.45, 7) is 3.80. The summed E-state index contributed by atoms with van der Waals surface area (Å²) in [5, 5.41) is 0. The lowest BCUT2D eigenvalue weighted by atomic mass is 10.3. The van der Waals surface area contributed by atoms with Crippen LogP contribution in [0.1, 0.15) is 0 Å². The molecule has 1 aromatic carbocycles. The van der Waals surface area contributed by atoms with Crippen LogP contribution in [0, 0.1) is 0 Å². The van der Waals surface area contributed by atoms with Crippen LogP contribution >= 0.6 is 15.9 Å². The number of benzene rings is 1. The number of fused-ring (bicyclic) bond motifs is 1. The summed E-state index contributed by atoms with van der Waals surface area (Å²) in [5.74, 6) is 2.00. The molecule has 2 aromatic heterocycles. The van der Waals surface area contributed by atoms with Gasteiger partial charge in [0.15, 0.2) is 0 Å². The minimum Gasteiger partial charge on any atom is -0.353 e. The average molecular weight is 358 g/mol. The third kappa shape index (κ3) is 2.54. The van der Waals surface area contributed by atoms with E-state index in [0.717, 1.165) is 53.5 Å². The van der Waals surface area contributed by atoms with E-state index in [1.165, 1.54) is 0 Å². The van der Waals surface area contributed by atoms with E-state index in [4.69, 9.17) is 4.98 Å². The second-order valence-electron chi connectivity index (χ2n) is 5.38. The molecular formula is C16H16BrN5. The lowest BCUT2D eigenvalue weighted by Gasteiger charge is -2.35. The van der Waals surface area contributed by atoms with Crippen molar-refractivity contribution in [3.63, 3.8) is 0 Å². The van der Waals surface area contributed by atoms with E-state index >= 15 is 0 Å². The van der Waals surface area contributed by atoms with Gasteiger partial charge < -0.3 is 14.8 Å². The monoisotopic (exact) mass is 357 g/mol. The summed E-state index contributed by atoms with van der Waals surface area (Å²) < 4.78 is 1.06. The van der Waals surface area contributed by atoms with Crippen LogP contribution in [0.4, 0.5) is 11.8 Å². The van der Waals surface area contributed by atoms with Gasteiger partial charge in [0.2, 0.25) is 5.95 Å². The van der Waals surface area contributed by atoms with Crippen molar-refractivity contribution in [3.8, 4) is 0 Å². The molecule has 112 valence electrons. The number of hydrogen-bond donors (Lipinski definition) is 1. The van der Waals surface area contributed by atoms with Gasteiger partial charge in [-0.3, -0.25) is 0 Å². The van der Waals surface area contributed by atoms with Crippen molar-refractivity contribution in [1.29, 1.82) is 0 Å². The molecule has 0 aliphatic carbocycles. The standard InChI is InChI=1S/C16H16BrN5/c17-12-4-5-13-14(11-12)20-16(19-13)22-9-7-21(8-10-22)15-3-1-2-6-18-15/h1-6,11H,7-10H2,(H,19,20). The number of hydrogen-bond acceptors (Lipinski definition) is 4. The number of nitrogens with zero attached hydrogens (tertiary/aromatic N) is 4. The van der Waals surface area contributed by atoms with Gasteiger partial charge in [-0.1, -0.05) is 22.0 Å². The van der Waals surface area contributed by atoms with Crippen LogP contribution in [-0.4, -0.2) is 41.1 Å². The Labute approximate surface area is 137 Å². The molecule has 1 aliphatic rings. The number of halogens is 1. The van der Waals surface area contributed by atoms with E-state index in [1.54, 1.807) is 0 Å². The maximum absolute atomic E-state index is 4.69. The van der Waals surface area contributed by atoms with Crippen LogP contribution in [0.2, 0.25) is 0 Å². The highest BCUT2D eigenvalue weighted by Gasteiger charge is 2.20. The number of aromatic amines is 1. The van der Waals surface area contributed by atoms with Crippen LogP contribution < -0.4 is 9.80 Å². The number of piperazine rings is 1. The van der Waals surface area contributed by atoms with Crippen molar-refractivity contribution >= 4 is 38.7 Å². The number of rotatable bonds is 2. The maximum Gasteiger partial charge on any atom is 0.203 e. The molecule has 0 unspecified atom stereocenters. The molecule has 0 radical (unpaired) electrons. The highest BCUT2D eigenvalue weighted by atomic mass is 79.9. The molecule has 4 rings (SSSR count). The van der Waals surface area contributed by atoms with Crippen LogP contribution in [-0.2, 0) is 0 Å². The first-order valence-corrected chi connectivity index (χ1v) is 8.15. The molecule has 0 amide bonds. The third-order valence-corrected chi connectivity index (χ3v) is 4.48. The first-order valence-electron chi connectivity index (χ1n) is 7.36. The topological polar surface area (TPSA) is 48.1 Å². The Balaban J connectivity index is 1.50. The van der Waals surface area contributed by atoms with Crippen LogP contribution in [0.5, 0.6) is 0 Å². The van der Waals surface area contributed by atoms with Gasteiger partial charge in [-0.05, 0) is 30.3 Å². The lowest BCUT2D eigenvalue weighted by molar-refractivity contribution is 0.638. The first kappa shape index (κ1) is 13.6. The van der Waals surface area contributed by atoms with Crippen molar-refractivity contribution < 1.29 is 0 Å². The van der Waals surface area contributed by atoms with Gasteiger partial charge in [0.25, 0.3) is 0 Å². The van der Waals surface area contributed by atoms with Gasteiger partial charge >= 0.3 is 0 Å². The van der Waals surface area contributed by atoms with E-state index in [9.17, 15) is 0 Å². The van der Waals surface area contributed by atoms with Crippen LogP contribution in [0.25, 0.3) is 11.0 Å². The number of nitrogens with one attached hydrogen (secondary N) is 1. The summed E-state index contributed by atoms with van der Waals surface area (Å²) >= 11 is 3.50. The maximum atomic E-state index is 4.69. The zero-order valence-electron chi connectivity index (χ0n) is 12.0. The van der Waals surface area contributed by atoms with E-state index < -0.39 is 0 Å². The Morgan fingerprint density at radius 3 is 2.59 bits per heavy atom. The number of H-pyrrole nitrogens is 1. The Hall–Kier alpha value is -2.08. The zero-order valence-corrected chi connectivity index (χ0v) is 13.6. The summed E-state index contributed by atoms with van der Waals surface area (Å²) in [5.41, 5.74) is 2.07. The van der Waals surface area contributed by atoms with Gasteiger partial charge in [-0.15, -0.1) is 0 Å². The molecular weight excluding hydrogens is 342 g/mol. The molecule has 1 saturated heterocycles. The summed E-state index contributed by atoms with van der Waals surface area (Å²) in [6, 6.07) is 12.2. The Kier molecular flexibility index (Phi) is 3.46. The molecule has 1 aliphatic heterocycles. The van der Waals surface area contributed by atoms with Crippen molar-refractivity contribution in [2.45, 2.75) is 0 Å². The Morgan fingerprint density at radius 2 is 1.82 bits per heavy atom. The number of imidazole rings is 1. The molecule has 5 nitrogen and oxygen atoms in total. The highest BCUT2D eigenvalue weighted by molar-refractivity contribution is 9.10. The van der Waals surface area contributed by atoms with Crippen LogP contribution in [0.15, 0.2) is 47.1 Å². The lowest BCUT2D eigenvalue weighted by Crippen LogP contribution is -2.47. The molecule has 22 heavy (non-hydrogen) atoms. The molecule has 1 fully saturated rings. The van der Waals surface area contributed by atoms with Crippen molar-refractivity contribution in [2.75, 3.05) is 36.0 Å². The van der Waals surface area contributed by atoms with E-state index in [-0.39, 0.29) is 0 Å². The molecule has 0 saturated carbocycles. The quantitative estimate of drug-likeness (QED) is 0.765. The SMILES string of the molecule is Brc1ccc2nc(N3CCN(c4ccccn4)CC3)[nH]c2c1. The summed E-state index contributed by atoms with van der Waals surface area (Å²) in [4.78, 5) is 17.1. The number of anilines is 2.